The van der Waals surface area contributed by atoms with Gasteiger partial charge in [-0.2, -0.15) is 0 Å². The van der Waals surface area contributed by atoms with Crippen molar-refractivity contribution >= 4 is 38.5 Å². The first-order valence-corrected chi connectivity index (χ1v) is 10.2. The van der Waals surface area contributed by atoms with Gasteiger partial charge in [-0.15, -0.1) is 0 Å². The topological polar surface area (TPSA) is 59.8 Å². The maximum Gasteiger partial charge on any atom is 0.295 e. The number of anilines is 1. The van der Waals surface area contributed by atoms with Gasteiger partial charge in [0.25, 0.3) is 5.91 Å². The Morgan fingerprint density at radius 2 is 1.63 bits per heavy atom. The van der Waals surface area contributed by atoms with Crippen molar-refractivity contribution in [1.29, 1.82) is 0 Å². The van der Waals surface area contributed by atoms with E-state index in [9.17, 15) is 9.59 Å². The molecule has 1 aliphatic heterocycles. The highest BCUT2D eigenvalue weighted by Gasteiger charge is 2.43. The zero-order chi connectivity index (χ0) is 20.8. The van der Waals surface area contributed by atoms with E-state index in [1.807, 2.05) is 24.3 Å². The van der Waals surface area contributed by atoms with Crippen LogP contribution < -0.4 is 15.1 Å². The molecule has 1 unspecified atom stereocenters. The third kappa shape index (κ3) is 2.83. The Morgan fingerprint density at radius 1 is 0.933 bits per heavy atom. The SMILES string of the molecule is COc1ccc(N2C(=O)c3oc4ccccc4c(=O)c3C2c2ccc(Br)cc2)cc1. The van der Waals surface area contributed by atoms with E-state index in [0.29, 0.717) is 28.0 Å². The molecular formula is C24H16BrNO4. The molecule has 0 spiro atoms. The van der Waals surface area contributed by atoms with E-state index in [1.54, 1.807) is 60.5 Å². The van der Waals surface area contributed by atoms with Gasteiger partial charge in [-0.1, -0.05) is 40.2 Å². The number of fused-ring (bicyclic) bond motifs is 2. The molecule has 2 heterocycles. The molecule has 30 heavy (non-hydrogen) atoms. The summed E-state index contributed by atoms with van der Waals surface area (Å²) in [5.41, 5.74) is 2.05. The second-order valence-electron chi connectivity index (χ2n) is 7.00. The van der Waals surface area contributed by atoms with Gasteiger partial charge in [-0.3, -0.25) is 14.5 Å². The third-order valence-electron chi connectivity index (χ3n) is 5.31. The summed E-state index contributed by atoms with van der Waals surface area (Å²) >= 11 is 3.45. The molecule has 0 N–H and O–H groups in total. The average molecular weight is 462 g/mol. The number of benzene rings is 3. The quantitative estimate of drug-likeness (QED) is 0.414. The zero-order valence-corrected chi connectivity index (χ0v) is 17.5. The molecule has 0 radical (unpaired) electrons. The van der Waals surface area contributed by atoms with E-state index in [2.05, 4.69) is 15.9 Å². The largest absolute Gasteiger partial charge is 0.497 e. The number of rotatable bonds is 3. The molecule has 5 rings (SSSR count). The first-order chi connectivity index (χ1) is 14.6. The predicted molar refractivity (Wildman–Crippen MR) is 118 cm³/mol. The smallest absolute Gasteiger partial charge is 0.295 e. The Hall–Kier alpha value is -3.38. The van der Waals surface area contributed by atoms with Crippen molar-refractivity contribution in [3.8, 4) is 5.75 Å². The molecule has 0 saturated heterocycles. The predicted octanol–water partition coefficient (Wildman–Crippen LogP) is 5.31. The molecule has 1 aromatic heterocycles. The number of methoxy groups -OCH3 is 1. The lowest BCUT2D eigenvalue weighted by molar-refractivity contribution is 0.0971. The third-order valence-corrected chi connectivity index (χ3v) is 5.84. The molecule has 0 saturated carbocycles. The summed E-state index contributed by atoms with van der Waals surface area (Å²) in [5, 5.41) is 0.461. The lowest BCUT2D eigenvalue weighted by atomic mass is 9.98. The van der Waals surface area contributed by atoms with Gasteiger partial charge in [0.15, 0.2) is 5.43 Å². The normalized spacial score (nSPS) is 15.5. The van der Waals surface area contributed by atoms with Crippen molar-refractivity contribution in [3.05, 3.63) is 104 Å². The van der Waals surface area contributed by atoms with E-state index >= 15 is 0 Å². The van der Waals surface area contributed by atoms with Crippen molar-refractivity contribution < 1.29 is 13.9 Å². The number of carbonyl (C=O) groups is 1. The highest BCUT2D eigenvalue weighted by molar-refractivity contribution is 9.10. The van der Waals surface area contributed by atoms with Gasteiger partial charge >= 0.3 is 0 Å². The molecule has 1 amide bonds. The van der Waals surface area contributed by atoms with Crippen LogP contribution in [0.25, 0.3) is 11.0 Å². The fourth-order valence-electron chi connectivity index (χ4n) is 3.89. The maximum atomic E-state index is 13.5. The lowest BCUT2D eigenvalue weighted by Crippen LogP contribution is -2.29. The summed E-state index contributed by atoms with van der Waals surface area (Å²) in [4.78, 5) is 28.5. The van der Waals surface area contributed by atoms with Crippen molar-refractivity contribution in [3.63, 3.8) is 0 Å². The molecule has 0 aliphatic carbocycles. The molecular weight excluding hydrogens is 446 g/mol. The van der Waals surface area contributed by atoms with Crippen LogP contribution in [0.3, 0.4) is 0 Å². The number of hydrogen-bond donors (Lipinski definition) is 0. The Balaban J connectivity index is 1.78. The zero-order valence-electron chi connectivity index (χ0n) is 16.0. The average Bonchev–Trinajstić information content (AvgIpc) is 3.07. The Bertz CT molecular complexity index is 1330. The van der Waals surface area contributed by atoms with Gasteiger partial charge in [0, 0.05) is 10.2 Å². The highest BCUT2D eigenvalue weighted by atomic mass is 79.9. The summed E-state index contributed by atoms with van der Waals surface area (Å²) < 4.78 is 12.1. The number of para-hydroxylation sites is 1. The number of hydrogen-bond acceptors (Lipinski definition) is 4. The number of amides is 1. The second-order valence-corrected chi connectivity index (χ2v) is 7.91. The Labute approximate surface area is 180 Å². The maximum absolute atomic E-state index is 13.5. The highest BCUT2D eigenvalue weighted by Crippen LogP contribution is 2.41. The van der Waals surface area contributed by atoms with Crippen molar-refractivity contribution in [2.75, 3.05) is 12.0 Å². The van der Waals surface area contributed by atoms with E-state index in [-0.39, 0.29) is 17.1 Å². The van der Waals surface area contributed by atoms with Crippen LogP contribution in [-0.4, -0.2) is 13.0 Å². The first kappa shape index (κ1) is 18.6. The monoisotopic (exact) mass is 461 g/mol. The fraction of sp³-hybridized carbons (Fsp3) is 0.0833. The van der Waals surface area contributed by atoms with Crippen LogP contribution in [0.2, 0.25) is 0 Å². The van der Waals surface area contributed by atoms with Gasteiger partial charge in [0.1, 0.15) is 11.3 Å². The van der Waals surface area contributed by atoms with Crippen molar-refractivity contribution in [2.45, 2.75) is 6.04 Å². The van der Waals surface area contributed by atoms with Crippen LogP contribution in [0, 0.1) is 0 Å². The molecule has 1 aliphatic rings. The number of ether oxygens (including phenoxy) is 1. The summed E-state index contributed by atoms with van der Waals surface area (Å²) in [5.74, 6) is 0.427. The molecule has 0 fully saturated rings. The van der Waals surface area contributed by atoms with Crippen LogP contribution >= 0.6 is 15.9 Å². The van der Waals surface area contributed by atoms with E-state index in [4.69, 9.17) is 9.15 Å². The minimum Gasteiger partial charge on any atom is -0.497 e. The number of nitrogens with zero attached hydrogens (tertiary/aromatic N) is 1. The van der Waals surface area contributed by atoms with Gasteiger partial charge in [-0.25, -0.2) is 0 Å². The van der Waals surface area contributed by atoms with Crippen LogP contribution in [0.4, 0.5) is 5.69 Å². The second kappa shape index (κ2) is 7.15. The minimum absolute atomic E-state index is 0.0856. The van der Waals surface area contributed by atoms with Crippen LogP contribution in [-0.2, 0) is 0 Å². The molecule has 3 aromatic carbocycles. The standard InChI is InChI=1S/C24H16BrNO4/c1-29-17-12-10-16(11-13-17)26-21(14-6-8-15(25)9-7-14)20-22(27)18-4-2-3-5-19(18)30-23(20)24(26)28/h2-13,21H,1H3. The molecule has 6 heteroatoms. The molecule has 148 valence electrons. The summed E-state index contributed by atoms with van der Waals surface area (Å²) in [6.07, 6.45) is 0. The van der Waals surface area contributed by atoms with Gasteiger partial charge in [-0.05, 0) is 54.1 Å². The first-order valence-electron chi connectivity index (χ1n) is 9.37. The minimum atomic E-state index is -0.588. The molecule has 0 bridgehead atoms. The van der Waals surface area contributed by atoms with Crippen LogP contribution in [0.1, 0.15) is 27.7 Å². The van der Waals surface area contributed by atoms with Crippen molar-refractivity contribution in [1.82, 2.24) is 0 Å². The fourth-order valence-corrected chi connectivity index (χ4v) is 4.15. The van der Waals surface area contributed by atoms with Gasteiger partial charge < -0.3 is 9.15 Å². The van der Waals surface area contributed by atoms with E-state index in [1.165, 1.54) is 0 Å². The lowest BCUT2D eigenvalue weighted by Gasteiger charge is -2.25. The summed E-state index contributed by atoms with van der Waals surface area (Å²) in [6, 6.07) is 21.2. The van der Waals surface area contributed by atoms with Gasteiger partial charge in [0.2, 0.25) is 5.76 Å². The number of carbonyl (C=O) groups excluding carboxylic acids is 1. The summed E-state index contributed by atoms with van der Waals surface area (Å²) in [6.45, 7) is 0. The van der Waals surface area contributed by atoms with Crippen LogP contribution in [0.5, 0.6) is 5.75 Å². The Morgan fingerprint density at radius 3 is 2.33 bits per heavy atom. The van der Waals surface area contributed by atoms with Gasteiger partial charge in [0.05, 0.1) is 24.1 Å². The van der Waals surface area contributed by atoms with Crippen molar-refractivity contribution in [2.24, 2.45) is 0 Å². The molecule has 1 atom stereocenters. The number of halogens is 1. The molecule has 4 aromatic rings. The molecule has 5 nitrogen and oxygen atoms in total. The van der Waals surface area contributed by atoms with E-state index in [0.717, 1.165) is 10.0 Å². The Kier molecular flexibility index (Phi) is 4.44. The summed E-state index contributed by atoms with van der Waals surface area (Å²) in [7, 11) is 1.59. The van der Waals surface area contributed by atoms with Crippen LogP contribution in [0.15, 0.2) is 86.5 Å². The van der Waals surface area contributed by atoms with E-state index < -0.39 is 6.04 Å².